The van der Waals surface area contributed by atoms with E-state index in [1.165, 1.54) is 6.42 Å². The van der Waals surface area contributed by atoms with Gasteiger partial charge < -0.3 is 0 Å². The number of rotatable bonds is 4. The molecule has 3 N–H and O–H groups in total. The zero-order chi connectivity index (χ0) is 8.15. The average Bonchev–Trinajstić information content (AvgIpc) is 2.00. The van der Waals surface area contributed by atoms with Crippen LogP contribution in [-0.4, -0.2) is 6.04 Å². The highest BCUT2D eigenvalue weighted by molar-refractivity contribution is 4.69. The summed E-state index contributed by atoms with van der Waals surface area (Å²) >= 11 is 0. The third kappa shape index (κ3) is 2.67. The van der Waals surface area contributed by atoms with E-state index in [1.807, 2.05) is 0 Å². The lowest BCUT2D eigenvalue weighted by molar-refractivity contribution is 0.294. The molecule has 3 atom stereocenters. The second-order valence-electron chi connectivity index (χ2n) is 3.20. The van der Waals surface area contributed by atoms with Crippen molar-refractivity contribution in [1.82, 2.24) is 5.43 Å². The van der Waals surface area contributed by atoms with Gasteiger partial charge in [-0.1, -0.05) is 27.2 Å². The number of nitrogens with one attached hydrogen (secondary N) is 1. The Labute approximate surface area is 64.2 Å². The molecule has 0 radical (unpaired) electrons. The summed E-state index contributed by atoms with van der Waals surface area (Å²) in [5.41, 5.74) is 2.78. The van der Waals surface area contributed by atoms with E-state index in [4.69, 9.17) is 5.84 Å². The lowest BCUT2D eigenvalue weighted by Gasteiger charge is -2.24. The van der Waals surface area contributed by atoms with Gasteiger partial charge in [-0.2, -0.15) is 0 Å². The van der Waals surface area contributed by atoms with Crippen LogP contribution in [0.3, 0.4) is 0 Å². The second-order valence-corrected chi connectivity index (χ2v) is 3.20. The maximum absolute atomic E-state index is 5.32. The monoisotopic (exact) mass is 144 g/mol. The predicted octanol–water partition coefficient (Wildman–Crippen LogP) is 1.52. The Kier molecular flexibility index (Phi) is 4.65. The Morgan fingerprint density at radius 1 is 1.30 bits per heavy atom. The number of hydrazine groups is 1. The van der Waals surface area contributed by atoms with E-state index in [9.17, 15) is 0 Å². The molecular weight excluding hydrogens is 124 g/mol. The highest BCUT2D eigenvalue weighted by Crippen LogP contribution is 2.17. The van der Waals surface area contributed by atoms with E-state index in [0.717, 1.165) is 5.92 Å². The Hall–Kier alpha value is -0.0800. The Morgan fingerprint density at radius 3 is 2.10 bits per heavy atom. The van der Waals surface area contributed by atoms with Crippen LogP contribution in [0.25, 0.3) is 0 Å². The number of nitrogens with two attached hydrogens (primary N) is 1. The van der Waals surface area contributed by atoms with Crippen LogP contribution in [-0.2, 0) is 0 Å². The first kappa shape index (κ1) is 9.92. The SMILES string of the molecule is CCC(C)C(C)C(C)NN. The minimum absolute atomic E-state index is 0.426. The number of hydrogen-bond acceptors (Lipinski definition) is 2. The van der Waals surface area contributed by atoms with Crippen LogP contribution in [0.15, 0.2) is 0 Å². The maximum atomic E-state index is 5.32. The van der Waals surface area contributed by atoms with E-state index < -0.39 is 0 Å². The van der Waals surface area contributed by atoms with Crippen LogP contribution < -0.4 is 11.3 Å². The van der Waals surface area contributed by atoms with Crippen LogP contribution in [0.2, 0.25) is 0 Å². The molecule has 0 saturated carbocycles. The molecule has 0 aromatic heterocycles. The summed E-state index contributed by atoms with van der Waals surface area (Å²) in [4.78, 5) is 0. The van der Waals surface area contributed by atoms with Crippen molar-refractivity contribution < 1.29 is 0 Å². The van der Waals surface area contributed by atoms with Crippen LogP contribution in [0.1, 0.15) is 34.1 Å². The molecule has 0 heterocycles. The zero-order valence-electron chi connectivity index (χ0n) is 7.52. The molecule has 0 aliphatic rings. The molecule has 2 heteroatoms. The van der Waals surface area contributed by atoms with Crippen molar-refractivity contribution in [2.75, 3.05) is 0 Å². The minimum atomic E-state index is 0.426. The fourth-order valence-electron chi connectivity index (χ4n) is 1.02. The third-order valence-electron chi connectivity index (χ3n) is 2.59. The second kappa shape index (κ2) is 4.69. The van der Waals surface area contributed by atoms with Gasteiger partial charge in [0.15, 0.2) is 0 Å². The highest BCUT2D eigenvalue weighted by atomic mass is 15.2. The van der Waals surface area contributed by atoms with E-state index in [0.29, 0.717) is 12.0 Å². The molecule has 0 amide bonds. The fraction of sp³-hybridized carbons (Fsp3) is 1.00. The van der Waals surface area contributed by atoms with Crippen molar-refractivity contribution in [2.45, 2.75) is 40.2 Å². The summed E-state index contributed by atoms with van der Waals surface area (Å²) < 4.78 is 0. The normalized spacial score (nSPS) is 20.1. The third-order valence-corrected chi connectivity index (χ3v) is 2.59. The smallest absolute Gasteiger partial charge is 0.0210 e. The van der Waals surface area contributed by atoms with Gasteiger partial charge in [0.05, 0.1) is 0 Å². The molecule has 0 saturated heterocycles. The molecule has 0 aromatic rings. The van der Waals surface area contributed by atoms with Gasteiger partial charge in [0.1, 0.15) is 0 Å². The van der Waals surface area contributed by atoms with Gasteiger partial charge in [-0.3, -0.25) is 11.3 Å². The number of hydrogen-bond donors (Lipinski definition) is 2. The first-order valence-corrected chi connectivity index (χ1v) is 4.09. The van der Waals surface area contributed by atoms with Crippen molar-refractivity contribution in [3.8, 4) is 0 Å². The van der Waals surface area contributed by atoms with E-state index in [2.05, 4.69) is 33.1 Å². The van der Waals surface area contributed by atoms with Crippen molar-refractivity contribution in [2.24, 2.45) is 17.7 Å². The van der Waals surface area contributed by atoms with Gasteiger partial charge in [-0.15, -0.1) is 0 Å². The van der Waals surface area contributed by atoms with Crippen LogP contribution in [0.4, 0.5) is 0 Å². The summed E-state index contributed by atoms with van der Waals surface area (Å²) in [6.07, 6.45) is 1.23. The molecule has 0 aliphatic heterocycles. The van der Waals surface area contributed by atoms with Crippen molar-refractivity contribution in [1.29, 1.82) is 0 Å². The quantitative estimate of drug-likeness (QED) is 0.464. The summed E-state index contributed by atoms with van der Waals surface area (Å²) in [7, 11) is 0. The van der Waals surface area contributed by atoms with Gasteiger partial charge in [0.2, 0.25) is 0 Å². The van der Waals surface area contributed by atoms with Crippen molar-refractivity contribution in [3.63, 3.8) is 0 Å². The zero-order valence-corrected chi connectivity index (χ0v) is 7.52. The maximum Gasteiger partial charge on any atom is 0.0210 e. The van der Waals surface area contributed by atoms with Gasteiger partial charge in [-0.25, -0.2) is 0 Å². The molecule has 3 unspecified atom stereocenters. The first-order valence-electron chi connectivity index (χ1n) is 4.09. The summed E-state index contributed by atoms with van der Waals surface area (Å²) in [6, 6.07) is 0.426. The molecule has 0 aliphatic carbocycles. The molecule has 0 spiro atoms. The fourth-order valence-corrected chi connectivity index (χ4v) is 1.02. The molecular formula is C8H20N2. The molecule has 2 nitrogen and oxygen atoms in total. The minimum Gasteiger partial charge on any atom is -0.271 e. The van der Waals surface area contributed by atoms with Crippen LogP contribution >= 0.6 is 0 Å². The average molecular weight is 144 g/mol. The van der Waals surface area contributed by atoms with E-state index in [1.54, 1.807) is 0 Å². The van der Waals surface area contributed by atoms with Crippen LogP contribution in [0, 0.1) is 11.8 Å². The summed E-state index contributed by atoms with van der Waals surface area (Å²) in [6.45, 7) is 8.83. The lowest BCUT2D eigenvalue weighted by atomic mass is 9.88. The van der Waals surface area contributed by atoms with Gasteiger partial charge in [0.25, 0.3) is 0 Å². The van der Waals surface area contributed by atoms with Gasteiger partial charge in [0, 0.05) is 6.04 Å². The predicted molar refractivity (Wildman–Crippen MR) is 45.4 cm³/mol. The summed E-state index contributed by atoms with van der Waals surface area (Å²) in [5, 5.41) is 0. The van der Waals surface area contributed by atoms with Gasteiger partial charge >= 0.3 is 0 Å². The molecule has 0 rings (SSSR count). The molecule has 62 valence electrons. The van der Waals surface area contributed by atoms with Gasteiger partial charge in [-0.05, 0) is 18.8 Å². The largest absolute Gasteiger partial charge is 0.271 e. The Bertz CT molecular complexity index is 73.3. The first-order chi connectivity index (χ1) is 4.63. The molecule has 0 bridgehead atoms. The van der Waals surface area contributed by atoms with Crippen molar-refractivity contribution >= 4 is 0 Å². The summed E-state index contributed by atoms with van der Waals surface area (Å²) in [5.74, 6) is 6.73. The Balaban J connectivity index is 3.69. The molecule has 0 fully saturated rings. The highest BCUT2D eigenvalue weighted by Gasteiger charge is 2.15. The lowest BCUT2D eigenvalue weighted by Crippen LogP contribution is -2.39. The topological polar surface area (TPSA) is 38.0 Å². The standard InChI is InChI=1S/C8H20N2/c1-5-6(2)7(3)8(4)10-9/h6-8,10H,5,9H2,1-4H3. The Morgan fingerprint density at radius 2 is 1.80 bits per heavy atom. The molecule has 0 aromatic carbocycles. The van der Waals surface area contributed by atoms with Crippen molar-refractivity contribution in [3.05, 3.63) is 0 Å². The van der Waals surface area contributed by atoms with E-state index >= 15 is 0 Å². The van der Waals surface area contributed by atoms with E-state index in [-0.39, 0.29) is 0 Å². The van der Waals surface area contributed by atoms with Crippen LogP contribution in [0.5, 0.6) is 0 Å². The molecule has 10 heavy (non-hydrogen) atoms.